The Bertz CT molecular complexity index is 1500. The summed E-state index contributed by atoms with van der Waals surface area (Å²) in [5, 5.41) is 7.46. The summed E-state index contributed by atoms with van der Waals surface area (Å²) in [6, 6.07) is 16.7. The fourth-order valence-electron chi connectivity index (χ4n) is 10.1. The average molecular weight is 595 g/mol. The van der Waals surface area contributed by atoms with Crippen LogP contribution in [0, 0.1) is 34.0 Å². The van der Waals surface area contributed by atoms with Crippen LogP contribution in [0.4, 0.5) is 4.79 Å². The summed E-state index contributed by atoms with van der Waals surface area (Å²) in [6.45, 7) is 10.2. The topological polar surface area (TPSA) is 77.0 Å². The molecule has 0 unspecified atom stereocenters. The molecule has 0 heterocycles. The van der Waals surface area contributed by atoms with Gasteiger partial charge in [-0.2, -0.15) is 0 Å². The number of ketones is 1. The van der Waals surface area contributed by atoms with Gasteiger partial charge in [-0.3, -0.25) is 4.79 Å². The number of nitrogens with one attached hydrogen (secondary N) is 1. The predicted molar refractivity (Wildman–Crippen MR) is 172 cm³/mol. The lowest BCUT2D eigenvalue weighted by Gasteiger charge is -2.59. The highest BCUT2D eigenvalue weighted by atomic mass is 16.6. The van der Waals surface area contributed by atoms with Crippen LogP contribution < -0.4 is 5.32 Å². The van der Waals surface area contributed by atoms with Gasteiger partial charge in [0.05, 0.1) is 12.3 Å². The largest absolute Gasteiger partial charge is 0.449 e. The third-order valence-electron chi connectivity index (χ3n) is 12.4. The number of carbonyl (C=O) groups excluding carboxylic acids is 2. The highest BCUT2D eigenvalue weighted by Gasteiger charge is 2.60. The minimum atomic E-state index is -0.439. The van der Waals surface area contributed by atoms with E-state index in [9.17, 15) is 9.59 Å². The van der Waals surface area contributed by atoms with Crippen molar-refractivity contribution in [2.45, 2.75) is 78.6 Å². The number of allylic oxidation sites excluding steroid dienone is 2. The summed E-state index contributed by atoms with van der Waals surface area (Å²) < 4.78 is 5.65. The maximum atomic E-state index is 12.8. The van der Waals surface area contributed by atoms with Crippen molar-refractivity contribution in [3.8, 4) is 11.1 Å². The normalized spacial score (nSPS) is 32.5. The number of oxime groups is 1. The zero-order valence-electron chi connectivity index (χ0n) is 26.7. The second kappa shape index (κ2) is 10.9. The van der Waals surface area contributed by atoms with Crippen LogP contribution >= 0.6 is 0 Å². The Morgan fingerprint density at radius 3 is 2.32 bits per heavy atom. The number of rotatable bonds is 6. The molecule has 7 rings (SSSR count). The van der Waals surface area contributed by atoms with Crippen LogP contribution in [0.25, 0.3) is 11.1 Å². The first-order valence-corrected chi connectivity index (χ1v) is 16.7. The minimum absolute atomic E-state index is 0.0400. The van der Waals surface area contributed by atoms with Crippen molar-refractivity contribution in [2.75, 3.05) is 19.8 Å². The van der Waals surface area contributed by atoms with Crippen LogP contribution in [0.5, 0.6) is 0 Å². The van der Waals surface area contributed by atoms with E-state index in [1.54, 1.807) is 0 Å². The van der Waals surface area contributed by atoms with E-state index < -0.39 is 6.09 Å². The van der Waals surface area contributed by atoms with Gasteiger partial charge in [0.15, 0.2) is 0 Å². The molecule has 0 aromatic heterocycles. The van der Waals surface area contributed by atoms with Gasteiger partial charge in [0.1, 0.15) is 19.0 Å². The molecule has 5 atom stereocenters. The molecule has 1 amide bonds. The third kappa shape index (κ3) is 4.54. The molecule has 1 N–H and O–H groups in total. The molecule has 6 nitrogen and oxygen atoms in total. The number of hydrogen-bond donors (Lipinski definition) is 1. The van der Waals surface area contributed by atoms with E-state index in [1.807, 2.05) is 12.1 Å². The fraction of sp³-hybridized carbons (Fsp3) is 0.553. The minimum Gasteiger partial charge on any atom is -0.449 e. The quantitative estimate of drug-likeness (QED) is 0.208. The van der Waals surface area contributed by atoms with Crippen molar-refractivity contribution in [1.29, 1.82) is 0 Å². The molecule has 5 aliphatic carbocycles. The van der Waals surface area contributed by atoms with Crippen molar-refractivity contribution >= 4 is 17.6 Å². The van der Waals surface area contributed by atoms with Crippen molar-refractivity contribution in [2.24, 2.45) is 39.2 Å². The van der Waals surface area contributed by atoms with Crippen LogP contribution in [0.3, 0.4) is 0 Å². The Hall–Kier alpha value is -3.41. The molecule has 0 radical (unpaired) electrons. The first-order valence-electron chi connectivity index (χ1n) is 16.7. The number of amides is 1. The molecule has 3 saturated carbocycles. The molecular weight excluding hydrogens is 548 g/mol. The van der Waals surface area contributed by atoms with E-state index in [0.29, 0.717) is 43.3 Å². The van der Waals surface area contributed by atoms with Gasteiger partial charge >= 0.3 is 6.09 Å². The van der Waals surface area contributed by atoms with Crippen LogP contribution in [0.1, 0.15) is 89.7 Å². The summed E-state index contributed by atoms with van der Waals surface area (Å²) >= 11 is 0. The standard InChI is InChI=1S/C38H46N2O4/c1-36(2)32-15-13-28-30-14-16-34(41)38(30,4)19-17-31(28)37(32,3)20-18-33(36)40-44-22-21-39-35(42)43-23-29-26-11-7-5-9-24(26)25-10-6-8-12-27(25)29/h5-12,15,28-31H,13-14,16-23H2,1-4H3,(H,39,42)/t28-,30-,31-,37+,38-/m0/s1. The lowest BCUT2D eigenvalue weighted by atomic mass is 9.45. The number of alkyl carbamates (subject to hydrolysis) is 1. The molecule has 5 aliphatic rings. The second-order valence-electron chi connectivity index (χ2n) is 14.8. The Labute approximate surface area is 261 Å². The number of ether oxygens (including phenoxy) is 1. The van der Waals surface area contributed by atoms with E-state index >= 15 is 0 Å². The summed E-state index contributed by atoms with van der Waals surface area (Å²) in [4.78, 5) is 31.1. The number of benzene rings is 2. The number of hydrogen-bond acceptors (Lipinski definition) is 5. The van der Waals surface area contributed by atoms with Crippen molar-refractivity contribution in [3.63, 3.8) is 0 Å². The average Bonchev–Trinajstić information content (AvgIpc) is 3.50. The van der Waals surface area contributed by atoms with Gasteiger partial charge in [-0.1, -0.05) is 93.0 Å². The Kier molecular flexibility index (Phi) is 7.25. The molecule has 0 spiro atoms. The highest BCUT2D eigenvalue weighted by molar-refractivity contribution is 5.93. The first-order chi connectivity index (χ1) is 21.1. The van der Waals surface area contributed by atoms with Crippen LogP contribution in [0.2, 0.25) is 0 Å². The first kappa shape index (κ1) is 29.3. The predicted octanol–water partition coefficient (Wildman–Crippen LogP) is 8.07. The highest BCUT2D eigenvalue weighted by Crippen LogP contribution is 2.66. The lowest BCUT2D eigenvalue weighted by Crippen LogP contribution is -2.53. The molecule has 232 valence electrons. The van der Waals surface area contributed by atoms with E-state index in [1.165, 1.54) is 27.8 Å². The molecule has 0 bridgehead atoms. The lowest BCUT2D eigenvalue weighted by molar-refractivity contribution is -0.131. The van der Waals surface area contributed by atoms with Crippen molar-refractivity contribution in [1.82, 2.24) is 5.32 Å². The number of fused-ring (bicyclic) bond motifs is 8. The molecule has 0 saturated heterocycles. The van der Waals surface area contributed by atoms with Gasteiger partial charge in [-0.05, 0) is 83.9 Å². The summed E-state index contributed by atoms with van der Waals surface area (Å²) in [6.07, 6.45) is 9.16. The van der Waals surface area contributed by atoms with E-state index in [4.69, 9.17) is 9.57 Å². The monoisotopic (exact) mass is 594 g/mol. The Morgan fingerprint density at radius 2 is 1.59 bits per heavy atom. The van der Waals surface area contributed by atoms with Crippen LogP contribution in [-0.4, -0.2) is 37.3 Å². The number of Topliss-reactive ketones (excluding diaryl/α,β-unsaturated/α-hetero) is 1. The van der Waals surface area contributed by atoms with Crippen LogP contribution in [0.15, 0.2) is 65.3 Å². The Balaban J connectivity index is 0.930. The molecule has 2 aromatic carbocycles. The van der Waals surface area contributed by atoms with Crippen LogP contribution in [-0.2, 0) is 14.4 Å². The molecule has 6 heteroatoms. The SMILES string of the molecule is CC1(C)C2=CC[C@@H]3[C@H](CC[C@]4(C)C(=O)CC[C@@H]34)[C@@]2(C)CCC1=NOCCNC(=O)OCC1c2ccccc2-c2ccccc21. The van der Waals surface area contributed by atoms with Crippen molar-refractivity contribution < 1.29 is 19.2 Å². The second-order valence-corrected chi connectivity index (χ2v) is 14.8. The molecular formula is C38H46N2O4. The fourth-order valence-corrected chi connectivity index (χ4v) is 10.1. The molecule has 0 aliphatic heterocycles. The number of carbonyl (C=O) groups is 2. The van der Waals surface area contributed by atoms with E-state index in [-0.39, 0.29) is 22.2 Å². The summed E-state index contributed by atoms with van der Waals surface area (Å²) in [7, 11) is 0. The zero-order valence-corrected chi connectivity index (χ0v) is 26.7. The summed E-state index contributed by atoms with van der Waals surface area (Å²) in [5.41, 5.74) is 7.28. The van der Waals surface area contributed by atoms with Gasteiger partial charge in [0.2, 0.25) is 0 Å². The van der Waals surface area contributed by atoms with Gasteiger partial charge in [-0.25, -0.2) is 4.79 Å². The molecule has 44 heavy (non-hydrogen) atoms. The van der Waals surface area contributed by atoms with Gasteiger partial charge in [0.25, 0.3) is 0 Å². The Morgan fingerprint density at radius 1 is 0.909 bits per heavy atom. The van der Waals surface area contributed by atoms with Crippen molar-refractivity contribution in [3.05, 3.63) is 71.3 Å². The third-order valence-corrected chi connectivity index (χ3v) is 12.4. The molecule has 3 fully saturated rings. The van der Waals surface area contributed by atoms with Gasteiger partial charge in [0, 0.05) is 23.2 Å². The summed E-state index contributed by atoms with van der Waals surface area (Å²) in [5.74, 6) is 2.33. The van der Waals surface area contributed by atoms with Gasteiger partial charge in [-0.15, -0.1) is 0 Å². The van der Waals surface area contributed by atoms with Gasteiger partial charge < -0.3 is 14.9 Å². The molecule has 2 aromatic rings. The van der Waals surface area contributed by atoms with E-state index in [0.717, 1.165) is 50.7 Å². The maximum Gasteiger partial charge on any atom is 0.407 e. The maximum absolute atomic E-state index is 12.8. The van der Waals surface area contributed by atoms with E-state index in [2.05, 4.69) is 80.6 Å². The zero-order chi connectivity index (χ0) is 30.7. The smallest absolute Gasteiger partial charge is 0.407 e. The number of nitrogens with zero attached hydrogens (tertiary/aromatic N) is 1.